The van der Waals surface area contributed by atoms with E-state index >= 15 is 0 Å². The lowest BCUT2D eigenvalue weighted by molar-refractivity contribution is 0.111. The molecular weight excluding hydrogens is 209 g/mol. The Balaban J connectivity index is 2.68. The summed E-state index contributed by atoms with van der Waals surface area (Å²) in [5.74, 6) is -0.639. The molecule has 16 heavy (non-hydrogen) atoms. The van der Waals surface area contributed by atoms with Crippen LogP contribution < -0.4 is 0 Å². The molecule has 2 heterocycles. The molecule has 0 aromatic carbocycles. The van der Waals surface area contributed by atoms with Crippen molar-refractivity contribution in [1.82, 2.24) is 14.8 Å². The molecule has 0 aliphatic rings. The van der Waals surface area contributed by atoms with Crippen molar-refractivity contribution in [3.8, 4) is 5.69 Å². The van der Waals surface area contributed by atoms with Crippen LogP contribution in [0.2, 0.25) is 0 Å². The summed E-state index contributed by atoms with van der Waals surface area (Å²) < 4.78 is 14.8. The number of halogens is 1. The van der Waals surface area contributed by atoms with Gasteiger partial charge in [0, 0.05) is 5.69 Å². The summed E-state index contributed by atoms with van der Waals surface area (Å²) in [4.78, 5) is 14.6. The summed E-state index contributed by atoms with van der Waals surface area (Å²) in [7, 11) is 0. The molecule has 2 rings (SSSR count). The maximum atomic E-state index is 13.3. The molecule has 0 amide bonds. The standard InChI is InChI=1S/C11H10FN3O/c1-7-3-8(2)15(14-7)11-5-13-4-10(12)9(11)6-16/h3-6H,1-2H3. The first-order chi connectivity index (χ1) is 7.63. The van der Waals surface area contributed by atoms with E-state index in [2.05, 4.69) is 10.1 Å². The first-order valence-corrected chi connectivity index (χ1v) is 4.76. The van der Waals surface area contributed by atoms with Crippen LogP contribution in [-0.4, -0.2) is 21.1 Å². The summed E-state index contributed by atoms with van der Waals surface area (Å²) in [5.41, 5.74) is 1.97. The minimum Gasteiger partial charge on any atom is -0.298 e. The van der Waals surface area contributed by atoms with E-state index in [1.165, 1.54) is 10.9 Å². The second kappa shape index (κ2) is 3.84. The van der Waals surface area contributed by atoms with Gasteiger partial charge in [-0.15, -0.1) is 0 Å². The van der Waals surface area contributed by atoms with E-state index in [0.717, 1.165) is 17.6 Å². The molecule has 0 atom stereocenters. The molecule has 5 heteroatoms. The Morgan fingerprint density at radius 2 is 2.12 bits per heavy atom. The van der Waals surface area contributed by atoms with Crippen LogP contribution in [0.15, 0.2) is 18.5 Å². The van der Waals surface area contributed by atoms with E-state index in [1.54, 1.807) is 0 Å². The smallest absolute Gasteiger partial charge is 0.155 e. The molecule has 0 saturated carbocycles. The van der Waals surface area contributed by atoms with Crippen molar-refractivity contribution < 1.29 is 9.18 Å². The Kier molecular flexibility index (Phi) is 2.52. The molecule has 0 fully saturated rings. The lowest BCUT2D eigenvalue weighted by Crippen LogP contribution is -2.05. The van der Waals surface area contributed by atoms with Gasteiger partial charge in [-0.1, -0.05) is 0 Å². The van der Waals surface area contributed by atoms with Gasteiger partial charge < -0.3 is 0 Å². The number of carbonyl (C=O) groups excluding carboxylic acids is 1. The normalized spacial score (nSPS) is 10.4. The van der Waals surface area contributed by atoms with Crippen molar-refractivity contribution in [2.75, 3.05) is 0 Å². The topological polar surface area (TPSA) is 47.8 Å². The van der Waals surface area contributed by atoms with Crippen LogP contribution in [-0.2, 0) is 0 Å². The maximum absolute atomic E-state index is 13.3. The molecule has 4 nitrogen and oxygen atoms in total. The van der Waals surface area contributed by atoms with Gasteiger partial charge >= 0.3 is 0 Å². The van der Waals surface area contributed by atoms with Gasteiger partial charge in [0.25, 0.3) is 0 Å². The summed E-state index contributed by atoms with van der Waals surface area (Å²) >= 11 is 0. The zero-order chi connectivity index (χ0) is 11.7. The summed E-state index contributed by atoms with van der Waals surface area (Å²) in [6, 6.07) is 1.85. The number of aldehydes is 1. The van der Waals surface area contributed by atoms with Crippen LogP contribution in [0.3, 0.4) is 0 Å². The van der Waals surface area contributed by atoms with E-state index in [4.69, 9.17) is 0 Å². The molecule has 82 valence electrons. The number of aromatic nitrogens is 3. The van der Waals surface area contributed by atoms with Gasteiger partial charge in [-0.25, -0.2) is 9.07 Å². The number of carbonyl (C=O) groups is 1. The Hall–Kier alpha value is -2.04. The van der Waals surface area contributed by atoms with Gasteiger partial charge in [0.05, 0.1) is 29.3 Å². The van der Waals surface area contributed by atoms with Crippen LogP contribution in [0.5, 0.6) is 0 Å². The minimum absolute atomic E-state index is 0.0267. The third kappa shape index (κ3) is 1.60. The average molecular weight is 219 g/mol. The second-order valence-corrected chi connectivity index (χ2v) is 3.51. The molecule has 0 unspecified atom stereocenters. The van der Waals surface area contributed by atoms with E-state index < -0.39 is 5.82 Å². The number of pyridine rings is 1. The minimum atomic E-state index is -0.639. The van der Waals surface area contributed by atoms with Crippen molar-refractivity contribution >= 4 is 6.29 Å². The van der Waals surface area contributed by atoms with Gasteiger partial charge in [0.1, 0.15) is 0 Å². The predicted molar refractivity (Wildman–Crippen MR) is 56.2 cm³/mol. The van der Waals surface area contributed by atoms with Crippen molar-refractivity contribution in [1.29, 1.82) is 0 Å². The highest BCUT2D eigenvalue weighted by molar-refractivity contribution is 5.80. The van der Waals surface area contributed by atoms with E-state index in [1.807, 2.05) is 19.9 Å². The van der Waals surface area contributed by atoms with Crippen molar-refractivity contribution in [2.45, 2.75) is 13.8 Å². The fourth-order valence-electron chi connectivity index (χ4n) is 1.59. The summed E-state index contributed by atoms with van der Waals surface area (Å²) in [6.07, 6.45) is 2.91. The van der Waals surface area contributed by atoms with Crippen LogP contribution in [0.1, 0.15) is 21.7 Å². The molecule has 0 spiro atoms. The number of hydrogen-bond donors (Lipinski definition) is 0. The SMILES string of the molecule is Cc1cc(C)n(-c2cncc(F)c2C=O)n1. The Morgan fingerprint density at radius 3 is 2.69 bits per heavy atom. The van der Waals surface area contributed by atoms with Crippen molar-refractivity contribution in [2.24, 2.45) is 0 Å². The molecule has 0 bridgehead atoms. The molecule has 0 N–H and O–H groups in total. The van der Waals surface area contributed by atoms with Gasteiger partial charge in [-0.05, 0) is 19.9 Å². The van der Waals surface area contributed by atoms with Crippen molar-refractivity contribution in [3.05, 3.63) is 41.2 Å². The van der Waals surface area contributed by atoms with Crippen LogP contribution in [0, 0.1) is 19.7 Å². The average Bonchev–Trinajstić information content (AvgIpc) is 2.57. The Bertz CT molecular complexity index is 548. The Labute approximate surface area is 91.7 Å². The zero-order valence-corrected chi connectivity index (χ0v) is 8.94. The highest BCUT2D eigenvalue weighted by Gasteiger charge is 2.12. The Morgan fingerprint density at radius 1 is 1.38 bits per heavy atom. The predicted octanol–water partition coefficient (Wildman–Crippen LogP) is 1.84. The largest absolute Gasteiger partial charge is 0.298 e. The first-order valence-electron chi connectivity index (χ1n) is 4.76. The van der Waals surface area contributed by atoms with Gasteiger partial charge in [-0.2, -0.15) is 5.10 Å². The quantitative estimate of drug-likeness (QED) is 0.724. The second-order valence-electron chi connectivity index (χ2n) is 3.51. The maximum Gasteiger partial charge on any atom is 0.155 e. The monoisotopic (exact) mass is 219 g/mol. The molecular formula is C11H10FN3O. The van der Waals surface area contributed by atoms with E-state index in [-0.39, 0.29) is 5.56 Å². The van der Waals surface area contributed by atoms with E-state index in [0.29, 0.717) is 12.0 Å². The molecule has 0 saturated heterocycles. The first kappa shape index (κ1) is 10.5. The highest BCUT2D eigenvalue weighted by Crippen LogP contribution is 2.16. The van der Waals surface area contributed by atoms with Gasteiger partial charge in [0.15, 0.2) is 12.1 Å². The molecule has 0 aliphatic heterocycles. The number of rotatable bonds is 2. The van der Waals surface area contributed by atoms with E-state index in [9.17, 15) is 9.18 Å². The third-order valence-corrected chi connectivity index (χ3v) is 2.27. The molecule has 0 radical (unpaired) electrons. The highest BCUT2D eigenvalue weighted by atomic mass is 19.1. The fourth-order valence-corrected chi connectivity index (χ4v) is 1.59. The molecule has 2 aromatic rings. The third-order valence-electron chi connectivity index (χ3n) is 2.27. The van der Waals surface area contributed by atoms with Crippen LogP contribution in [0.4, 0.5) is 4.39 Å². The van der Waals surface area contributed by atoms with Crippen molar-refractivity contribution in [3.63, 3.8) is 0 Å². The fraction of sp³-hybridized carbons (Fsp3) is 0.182. The molecule has 0 aliphatic carbocycles. The lowest BCUT2D eigenvalue weighted by atomic mass is 10.2. The lowest BCUT2D eigenvalue weighted by Gasteiger charge is -2.06. The van der Waals surface area contributed by atoms with Gasteiger partial charge in [0.2, 0.25) is 0 Å². The summed E-state index contributed by atoms with van der Waals surface area (Å²) in [5, 5.41) is 4.18. The number of aryl methyl sites for hydroxylation is 2. The molecule has 2 aromatic heterocycles. The number of hydrogen-bond acceptors (Lipinski definition) is 3. The number of nitrogens with zero attached hydrogens (tertiary/aromatic N) is 3. The van der Waals surface area contributed by atoms with Crippen LogP contribution in [0.25, 0.3) is 5.69 Å². The van der Waals surface area contributed by atoms with Crippen LogP contribution >= 0.6 is 0 Å². The zero-order valence-electron chi connectivity index (χ0n) is 8.94. The summed E-state index contributed by atoms with van der Waals surface area (Å²) in [6.45, 7) is 3.66. The van der Waals surface area contributed by atoms with Gasteiger partial charge in [-0.3, -0.25) is 9.78 Å².